The van der Waals surface area contributed by atoms with Crippen molar-refractivity contribution in [2.75, 3.05) is 11.4 Å². The molecule has 1 aliphatic heterocycles. The minimum absolute atomic E-state index is 0.175. The molecule has 2 heterocycles. The van der Waals surface area contributed by atoms with Crippen LogP contribution in [0.1, 0.15) is 25.7 Å². The maximum Gasteiger partial charge on any atom is 0.231 e. The van der Waals surface area contributed by atoms with E-state index >= 15 is 0 Å². The highest BCUT2D eigenvalue weighted by Crippen LogP contribution is 2.38. The number of carbonyl (C=O) groups excluding carboxylic acids is 1. The summed E-state index contributed by atoms with van der Waals surface area (Å²) in [4.78, 5) is 17.9. The maximum absolute atomic E-state index is 12.8. The van der Waals surface area contributed by atoms with Gasteiger partial charge in [-0.2, -0.15) is 0 Å². The fourth-order valence-corrected chi connectivity index (χ4v) is 3.01. The van der Waals surface area contributed by atoms with Crippen molar-refractivity contribution < 1.29 is 9.18 Å². The van der Waals surface area contributed by atoms with Crippen LogP contribution in [0.25, 0.3) is 0 Å². The summed E-state index contributed by atoms with van der Waals surface area (Å²) in [7, 11) is 0. The van der Waals surface area contributed by atoms with Gasteiger partial charge in [-0.15, -0.1) is 0 Å². The number of rotatable bonds is 1. The van der Waals surface area contributed by atoms with E-state index in [4.69, 9.17) is 0 Å². The molecule has 2 aliphatic rings. The average Bonchev–Trinajstić information content (AvgIpc) is 2.69. The average molecular weight is 234 g/mol. The Labute approximate surface area is 99.6 Å². The molecule has 4 heteroatoms. The van der Waals surface area contributed by atoms with Crippen LogP contribution in [-0.4, -0.2) is 17.4 Å². The van der Waals surface area contributed by atoms with Crippen LogP contribution >= 0.6 is 0 Å². The van der Waals surface area contributed by atoms with Gasteiger partial charge in [0, 0.05) is 12.5 Å². The molecular weight excluding hydrogens is 219 g/mol. The zero-order valence-corrected chi connectivity index (χ0v) is 9.60. The van der Waals surface area contributed by atoms with Gasteiger partial charge >= 0.3 is 0 Å². The molecule has 1 saturated heterocycles. The number of hydrogen-bond acceptors (Lipinski definition) is 2. The van der Waals surface area contributed by atoms with Crippen LogP contribution in [0.15, 0.2) is 18.3 Å². The fourth-order valence-electron chi connectivity index (χ4n) is 3.01. The molecule has 1 saturated carbocycles. The van der Waals surface area contributed by atoms with E-state index in [2.05, 4.69) is 4.98 Å². The number of fused-ring (bicyclic) bond motifs is 1. The summed E-state index contributed by atoms with van der Waals surface area (Å²) in [6.07, 6.45) is 5.68. The van der Waals surface area contributed by atoms with E-state index in [1.165, 1.54) is 18.7 Å². The quantitative estimate of drug-likeness (QED) is 0.747. The highest BCUT2D eigenvalue weighted by molar-refractivity contribution is 5.96. The Morgan fingerprint density at radius 1 is 1.29 bits per heavy atom. The van der Waals surface area contributed by atoms with Gasteiger partial charge < -0.3 is 0 Å². The first-order valence-corrected chi connectivity index (χ1v) is 6.18. The third kappa shape index (κ3) is 1.81. The third-order valence-electron chi connectivity index (χ3n) is 3.90. The number of halogens is 1. The summed E-state index contributed by atoms with van der Waals surface area (Å²) in [6, 6.07) is 2.95. The molecule has 2 fully saturated rings. The van der Waals surface area contributed by atoms with Crippen molar-refractivity contribution in [1.82, 2.24) is 4.98 Å². The third-order valence-corrected chi connectivity index (χ3v) is 3.90. The standard InChI is InChI=1S/C13H15FN2O/c14-10-5-6-12(15-7-10)16-8-9-3-1-2-4-11(9)13(16)17/h5-7,9,11H,1-4,8H2. The number of hydrogen-bond donors (Lipinski definition) is 0. The molecule has 1 aromatic rings. The molecule has 0 N–H and O–H groups in total. The second kappa shape index (κ2) is 4.09. The highest BCUT2D eigenvalue weighted by Gasteiger charge is 2.42. The first-order chi connectivity index (χ1) is 8.25. The van der Waals surface area contributed by atoms with E-state index in [-0.39, 0.29) is 17.6 Å². The van der Waals surface area contributed by atoms with E-state index in [1.807, 2.05) is 0 Å². The zero-order chi connectivity index (χ0) is 11.8. The van der Waals surface area contributed by atoms with Crippen molar-refractivity contribution in [3.8, 4) is 0 Å². The minimum Gasteiger partial charge on any atom is -0.296 e. The Hall–Kier alpha value is -1.45. The highest BCUT2D eigenvalue weighted by atomic mass is 19.1. The summed E-state index contributed by atoms with van der Waals surface area (Å²) in [6.45, 7) is 0.752. The van der Waals surface area contributed by atoms with Gasteiger partial charge in [0.15, 0.2) is 0 Å². The summed E-state index contributed by atoms with van der Waals surface area (Å²) < 4.78 is 12.8. The molecule has 0 spiro atoms. The molecule has 1 amide bonds. The zero-order valence-electron chi connectivity index (χ0n) is 9.60. The van der Waals surface area contributed by atoms with Gasteiger partial charge in [-0.1, -0.05) is 12.8 Å². The molecule has 90 valence electrons. The van der Waals surface area contributed by atoms with Gasteiger partial charge in [0.1, 0.15) is 11.6 Å². The van der Waals surface area contributed by atoms with Crippen molar-refractivity contribution in [3.05, 3.63) is 24.1 Å². The molecule has 1 aromatic heterocycles. The molecule has 3 nitrogen and oxygen atoms in total. The van der Waals surface area contributed by atoms with Gasteiger partial charge in [0.05, 0.1) is 6.20 Å². The van der Waals surface area contributed by atoms with Crippen LogP contribution in [0.2, 0.25) is 0 Å². The number of pyridine rings is 1. The number of carbonyl (C=O) groups is 1. The Morgan fingerprint density at radius 2 is 2.12 bits per heavy atom. The van der Waals surface area contributed by atoms with E-state index in [9.17, 15) is 9.18 Å². The lowest BCUT2D eigenvalue weighted by atomic mass is 9.81. The summed E-state index contributed by atoms with van der Waals surface area (Å²) in [5.74, 6) is 1.05. The van der Waals surface area contributed by atoms with Crippen LogP contribution in [0, 0.1) is 17.7 Å². The Morgan fingerprint density at radius 3 is 2.82 bits per heavy atom. The molecular formula is C13H15FN2O. The SMILES string of the molecule is O=C1C2CCCCC2CN1c1ccc(F)cn1. The van der Waals surface area contributed by atoms with E-state index < -0.39 is 0 Å². The van der Waals surface area contributed by atoms with Crippen LogP contribution in [0.5, 0.6) is 0 Å². The smallest absolute Gasteiger partial charge is 0.231 e. The normalized spacial score (nSPS) is 28.3. The Balaban J connectivity index is 1.85. The summed E-state index contributed by atoms with van der Waals surface area (Å²) >= 11 is 0. The lowest BCUT2D eigenvalue weighted by Crippen LogP contribution is -2.27. The Bertz CT molecular complexity index is 432. The van der Waals surface area contributed by atoms with Crippen LogP contribution in [0.4, 0.5) is 10.2 Å². The first kappa shape index (κ1) is 10.7. The van der Waals surface area contributed by atoms with Crippen molar-refractivity contribution in [2.24, 2.45) is 11.8 Å². The largest absolute Gasteiger partial charge is 0.296 e. The number of amides is 1. The molecule has 1 aliphatic carbocycles. The Kier molecular flexibility index (Phi) is 2.57. The molecule has 2 unspecified atom stereocenters. The molecule has 0 radical (unpaired) electrons. The van der Waals surface area contributed by atoms with Crippen molar-refractivity contribution >= 4 is 11.7 Å². The first-order valence-electron chi connectivity index (χ1n) is 6.18. The van der Waals surface area contributed by atoms with Gasteiger partial charge in [-0.25, -0.2) is 9.37 Å². The van der Waals surface area contributed by atoms with E-state index in [0.717, 1.165) is 25.8 Å². The number of anilines is 1. The monoisotopic (exact) mass is 234 g/mol. The van der Waals surface area contributed by atoms with E-state index in [0.29, 0.717) is 11.7 Å². The second-order valence-corrected chi connectivity index (χ2v) is 4.93. The fraction of sp³-hybridized carbons (Fsp3) is 0.538. The topological polar surface area (TPSA) is 33.2 Å². The van der Waals surface area contributed by atoms with Crippen molar-refractivity contribution in [2.45, 2.75) is 25.7 Å². The van der Waals surface area contributed by atoms with Gasteiger partial charge in [-0.3, -0.25) is 9.69 Å². The maximum atomic E-state index is 12.8. The van der Waals surface area contributed by atoms with Gasteiger partial charge in [-0.05, 0) is 30.9 Å². The molecule has 17 heavy (non-hydrogen) atoms. The molecule has 0 bridgehead atoms. The number of nitrogens with zero attached hydrogens (tertiary/aromatic N) is 2. The molecule has 3 rings (SSSR count). The van der Waals surface area contributed by atoms with Crippen LogP contribution in [-0.2, 0) is 4.79 Å². The van der Waals surface area contributed by atoms with Crippen molar-refractivity contribution in [3.63, 3.8) is 0 Å². The second-order valence-electron chi connectivity index (χ2n) is 4.93. The lowest BCUT2D eigenvalue weighted by Gasteiger charge is -2.21. The van der Waals surface area contributed by atoms with Crippen LogP contribution in [0.3, 0.4) is 0 Å². The summed E-state index contributed by atoms with van der Waals surface area (Å²) in [5.41, 5.74) is 0. The van der Waals surface area contributed by atoms with Gasteiger partial charge in [0.2, 0.25) is 5.91 Å². The van der Waals surface area contributed by atoms with Gasteiger partial charge in [0.25, 0.3) is 0 Å². The number of aromatic nitrogens is 1. The lowest BCUT2D eigenvalue weighted by molar-refractivity contribution is -0.121. The minimum atomic E-state index is -0.363. The predicted octanol–water partition coefficient (Wildman–Crippen LogP) is 2.37. The predicted molar refractivity (Wildman–Crippen MR) is 62.0 cm³/mol. The van der Waals surface area contributed by atoms with Crippen molar-refractivity contribution in [1.29, 1.82) is 0 Å². The summed E-state index contributed by atoms with van der Waals surface area (Å²) in [5, 5.41) is 0. The molecule has 0 aromatic carbocycles. The van der Waals surface area contributed by atoms with E-state index in [1.54, 1.807) is 11.0 Å². The van der Waals surface area contributed by atoms with Crippen LogP contribution < -0.4 is 4.90 Å². The molecule has 2 atom stereocenters.